The molecule has 0 spiro atoms. The van der Waals surface area contributed by atoms with E-state index in [1.165, 1.54) is 24.3 Å². The summed E-state index contributed by atoms with van der Waals surface area (Å²) < 4.78 is 23.5. The first-order valence-electron chi connectivity index (χ1n) is 7.10. The van der Waals surface area contributed by atoms with Crippen molar-refractivity contribution in [1.29, 1.82) is 0 Å². The summed E-state index contributed by atoms with van der Waals surface area (Å²) in [7, 11) is -3.75. The van der Waals surface area contributed by atoms with E-state index in [1.807, 2.05) is 18.2 Å². The summed E-state index contributed by atoms with van der Waals surface area (Å²) in [5.41, 5.74) is 1.54. The van der Waals surface area contributed by atoms with Gasteiger partial charge in [-0.2, -0.15) is 0 Å². The van der Waals surface area contributed by atoms with Crippen LogP contribution in [0, 0.1) is 3.57 Å². The molecule has 0 unspecified atom stereocenters. The second-order valence-corrected chi connectivity index (χ2v) is 8.41. The molecule has 0 aliphatic rings. The molecule has 3 rings (SSSR count). The number of H-pyrrole nitrogens is 1. The van der Waals surface area contributed by atoms with Crippen LogP contribution in [-0.2, 0) is 10.0 Å². The molecule has 11 heteroatoms. The molecular weight excluding hydrogens is 489 g/mol. The summed E-state index contributed by atoms with van der Waals surface area (Å²) in [5, 5.41) is 26.5. The number of primary sulfonamides is 1. The topological polar surface area (TPSA) is 133 Å². The third-order valence-electron chi connectivity index (χ3n) is 3.39. The lowest BCUT2D eigenvalue weighted by Crippen LogP contribution is -2.12. The fourth-order valence-corrected chi connectivity index (χ4v) is 3.37. The van der Waals surface area contributed by atoms with Crippen molar-refractivity contribution in [2.45, 2.75) is 4.90 Å². The van der Waals surface area contributed by atoms with Gasteiger partial charge in [-0.25, -0.2) is 13.6 Å². The minimum Gasteiger partial charge on any atom is -0.493 e. The van der Waals surface area contributed by atoms with E-state index in [0.717, 1.165) is 14.5 Å². The fraction of sp³-hybridized carbons (Fsp3) is 0. The summed E-state index contributed by atoms with van der Waals surface area (Å²) in [6.45, 7) is 0. The first kappa shape index (κ1) is 18.7. The molecule has 0 atom stereocenters. The monoisotopic (exact) mass is 501 g/mol. The molecule has 0 amide bonds. The number of benzene rings is 2. The number of hydrogen-bond acceptors (Lipinski definition) is 5. The quantitative estimate of drug-likeness (QED) is 0.247. The summed E-state index contributed by atoms with van der Waals surface area (Å²) in [6.07, 6.45) is 0. The first-order chi connectivity index (χ1) is 12.2. The van der Waals surface area contributed by atoms with Crippen LogP contribution in [0.15, 0.2) is 57.6 Å². The normalized spacial score (nSPS) is 11.9. The van der Waals surface area contributed by atoms with Crippen molar-refractivity contribution in [3.05, 3.63) is 46.0 Å². The van der Waals surface area contributed by atoms with E-state index >= 15 is 0 Å². The number of sulfonamides is 1. The highest BCUT2D eigenvalue weighted by molar-refractivity contribution is 14.1. The van der Waals surface area contributed by atoms with E-state index in [4.69, 9.17) is 17.4 Å². The maximum absolute atomic E-state index is 11.2. The molecule has 0 aliphatic heterocycles. The molecule has 0 bridgehead atoms. The average molecular weight is 501 g/mol. The molecule has 0 fully saturated rings. The number of nitrogens with two attached hydrogens (primary N) is 1. The average Bonchev–Trinajstić information content (AvgIpc) is 2.87. The molecule has 1 heterocycles. The number of rotatable bonds is 3. The summed E-state index contributed by atoms with van der Waals surface area (Å²) in [5.74, 6) is -0.106. The SMILES string of the molecule is NS(=O)(=O)c1ccc(NC(=S)N=Nc2c(O)[nH]c3ccc(I)cc23)cc1. The van der Waals surface area contributed by atoms with Gasteiger partial charge in [0, 0.05) is 14.6 Å². The third-order valence-corrected chi connectivity index (χ3v) is 5.17. The molecule has 5 N–H and O–H groups in total. The van der Waals surface area contributed by atoms with Crippen molar-refractivity contribution >= 4 is 72.2 Å². The van der Waals surface area contributed by atoms with Crippen molar-refractivity contribution < 1.29 is 13.5 Å². The zero-order valence-electron chi connectivity index (χ0n) is 13.0. The Bertz CT molecular complexity index is 1120. The van der Waals surface area contributed by atoms with Crippen LogP contribution in [0.25, 0.3) is 10.9 Å². The highest BCUT2D eigenvalue weighted by Gasteiger charge is 2.11. The van der Waals surface area contributed by atoms with E-state index in [0.29, 0.717) is 5.69 Å². The van der Waals surface area contributed by atoms with Gasteiger partial charge >= 0.3 is 0 Å². The van der Waals surface area contributed by atoms with E-state index in [-0.39, 0.29) is 21.6 Å². The van der Waals surface area contributed by atoms with Gasteiger partial charge in [-0.3, -0.25) is 0 Å². The van der Waals surface area contributed by atoms with Crippen LogP contribution < -0.4 is 10.5 Å². The lowest BCUT2D eigenvalue weighted by molar-refractivity contribution is 0.459. The highest BCUT2D eigenvalue weighted by atomic mass is 127. The lowest BCUT2D eigenvalue weighted by Gasteiger charge is -2.04. The molecule has 1 aromatic heterocycles. The molecule has 26 heavy (non-hydrogen) atoms. The molecule has 0 saturated heterocycles. The summed E-state index contributed by atoms with van der Waals surface area (Å²) in [4.78, 5) is 2.81. The van der Waals surface area contributed by atoms with Crippen LogP contribution in [-0.4, -0.2) is 23.6 Å². The molecule has 0 radical (unpaired) electrons. The number of nitrogens with one attached hydrogen (secondary N) is 2. The van der Waals surface area contributed by atoms with Crippen LogP contribution in [0.1, 0.15) is 0 Å². The second kappa shape index (κ2) is 7.26. The van der Waals surface area contributed by atoms with Gasteiger partial charge in [-0.05, 0) is 77.3 Å². The number of aromatic nitrogens is 1. The molecular formula is C15H12IN5O3S2. The van der Waals surface area contributed by atoms with Gasteiger partial charge in [-0.1, -0.05) is 0 Å². The number of thiocarbonyl (C=S) groups is 1. The predicted octanol–water partition coefficient (Wildman–Crippen LogP) is 3.61. The van der Waals surface area contributed by atoms with E-state index in [2.05, 4.69) is 43.1 Å². The molecule has 2 aromatic carbocycles. The Hall–Kier alpha value is -2.09. The summed E-state index contributed by atoms with van der Waals surface area (Å²) in [6, 6.07) is 11.3. The smallest absolute Gasteiger partial charge is 0.238 e. The Morgan fingerprint density at radius 1 is 1.23 bits per heavy atom. The Morgan fingerprint density at radius 3 is 2.58 bits per heavy atom. The van der Waals surface area contributed by atoms with Crippen molar-refractivity contribution in [3.63, 3.8) is 0 Å². The van der Waals surface area contributed by atoms with Gasteiger partial charge < -0.3 is 15.4 Å². The number of hydrogen-bond donors (Lipinski definition) is 4. The van der Waals surface area contributed by atoms with Gasteiger partial charge in [0.2, 0.25) is 21.0 Å². The summed E-state index contributed by atoms with van der Waals surface area (Å²) >= 11 is 7.26. The standard InChI is InChI=1S/C15H12IN5O3S2/c16-8-1-6-12-11(7-8)13(14(22)19-12)20-21-15(25)18-9-2-4-10(5-3-9)26(17,23)24/h1-7,19,22H,(H,18,25)(H2,17,23,24). The van der Waals surface area contributed by atoms with Crippen molar-refractivity contribution in [3.8, 4) is 5.88 Å². The van der Waals surface area contributed by atoms with Gasteiger partial charge in [0.05, 0.1) is 10.4 Å². The Balaban J connectivity index is 1.78. The van der Waals surface area contributed by atoms with Gasteiger partial charge in [0.1, 0.15) is 0 Å². The lowest BCUT2D eigenvalue weighted by atomic mass is 10.2. The van der Waals surface area contributed by atoms with Crippen molar-refractivity contribution in [2.75, 3.05) is 5.32 Å². The number of azo groups is 1. The van der Waals surface area contributed by atoms with Crippen LogP contribution in [0.2, 0.25) is 0 Å². The van der Waals surface area contributed by atoms with Crippen LogP contribution in [0.4, 0.5) is 11.4 Å². The molecule has 8 nitrogen and oxygen atoms in total. The van der Waals surface area contributed by atoms with Crippen molar-refractivity contribution in [2.24, 2.45) is 15.4 Å². The van der Waals surface area contributed by atoms with Gasteiger partial charge in [0.15, 0.2) is 5.69 Å². The number of aromatic amines is 1. The predicted molar refractivity (Wildman–Crippen MR) is 111 cm³/mol. The van der Waals surface area contributed by atoms with Gasteiger partial charge in [-0.15, -0.1) is 10.2 Å². The fourth-order valence-electron chi connectivity index (χ4n) is 2.21. The zero-order valence-corrected chi connectivity index (χ0v) is 16.8. The number of aromatic hydroxyl groups is 1. The largest absolute Gasteiger partial charge is 0.493 e. The number of fused-ring (bicyclic) bond motifs is 1. The third kappa shape index (κ3) is 4.17. The Kier molecular flexibility index (Phi) is 5.22. The molecule has 3 aromatic rings. The Morgan fingerprint density at radius 2 is 1.92 bits per heavy atom. The van der Waals surface area contributed by atoms with Gasteiger partial charge in [0.25, 0.3) is 0 Å². The second-order valence-electron chi connectivity index (χ2n) is 5.21. The first-order valence-corrected chi connectivity index (χ1v) is 10.1. The van der Waals surface area contributed by atoms with Crippen molar-refractivity contribution in [1.82, 2.24) is 4.98 Å². The highest BCUT2D eigenvalue weighted by Crippen LogP contribution is 2.36. The van der Waals surface area contributed by atoms with E-state index in [1.54, 1.807) is 0 Å². The van der Waals surface area contributed by atoms with E-state index in [9.17, 15) is 13.5 Å². The maximum Gasteiger partial charge on any atom is 0.238 e. The van der Waals surface area contributed by atoms with Crippen LogP contribution >= 0.6 is 34.8 Å². The molecule has 134 valence electrons. The van der Waals surface area contributed by atoms with E-state index < -0.39 is 10.0 Å². The zero-order chi connectivity index (χ0) is 18.9. The number of nitrogens with zero attached hydrogens (tertiary/aromatic N) is 2. The number of halogens is 1. The van der Waals surface area contributed by atoms with Crippen LogP contribution in [0.5, 0.6) is 5.88 Å². The molecule has 0 aliphatic carbocycles. The Labute approximate surface area is 167 Å². The molecule has 0 saturated carbocycles. The number of anilines is 1. The van der Waals surface area contributed by atoms with Crippen LogP contribution in [0.3, 0.4) is 0 Å². The minimum atomic E-state index is -3.75. The maximum atomic E-state index is 11.2. The minimum absolute atomic E-state index is 0.00564.